The second-order valence-corrected chi connectivity index (χ2v) is 4.53. The van der Waals surface area contributed by atoms with Gasteiger partial charge in [0, 0.05) is 0 Å². The molecule has 5 heteroatoms. The quantitative estimate of drug-likeness (QED) is 0.798. The van der Waals surface area contributed by atoms with Crippen molar-refractivity contribution in [2.24, 2.45) is 5.92 Å². The van der Waals surface area contributed by atoms with Crippen molar-refractivity contribution in [1.29, 1.82) is 0 Å². The summed E-state index contributed by atoms with van der Waals surface area (Å²) < 4.78 is 5.07. The molecule has 2 saturated carbocycles. The number of rotatable bonds is 2. The summed E-state index contributed by atoms with van der Waals surface area (Å²) in [6.45, 7) is 0. The molecule has 1 aromatic rings. The summed E-state index contributed by atoms with van der Waals surface area (Å²) in [7, 11) is 0. The Morgan fingerprint density at radius 1 is 1.53 bits per heavy atom. The van der Waals surface area contributed by atoms with Gasteiger partial charge in [-0.2, -0.15) is 4.98 Å². The van der Waals surface area contributed by atoms with E-state index in [9.17, 15) is 4.79 Å². The predicted octanol–water partition coefficient (Wildman–Crippen LogP) is 1.60. The summed E-state index contributed by atoms with van der Waals surface area (Å²) in [5, 5.41) is 12.2. The standard InChI is InChI=1S/C10H12N2O3/c13-8(14)7-11-9(15-12-7)10-4-2-1-3-6(10)5-10/h6H,1-5H2,(H,13,14). The molecule has 1 heterocycles. The molecule has 15 heavy (non-hydrogen) atoms. The lowest BCUT2D eigenvalue weighted by Gasteiger charge is -2.17. The predicted molar refractivity (Wildman–Crippen MR) is 49.5 cm³/mol. The minimum absolute atomic E-state index is 0.0406. The van der Waals surface area contributed by atoms with E-state index in [2.05, 4.69) is 10.1 Å². The van der Waals surface area contributed by atoms with Gasteiger partial charge in [-0.1, -0.05) is 12.8 Å². The Balaban J connectivity index is 1.90. The number of aromatic carboxylic acids is 1. The van der Waals surface area contributed by atoms with E-state index < -0.39 is 5.97 Å². The van der Waals surface area contributed by atoms with Crippen LogP contribution in [0, 0.1) is 5.92 Å². The van der Waals surface area contributed by atoms with Gasteiger partial charge in [-0.05, 0) is 30.3 Å². The summed E-state index contributed by atoms with van der Waals surface area (Å²) in [5.41, 5.74) is 0.0406. The van der Waals surface area contributed by atoms with Crippen molar-refractivity contribution >= 4 is 5.97 Å². The zero-order valence-corrected chi connectivity index (χ0v) is 8.27. The number of fused-ring (bicyclic) bond motifs is 1. The molecule has 5 nitrogen and oxygen atoms in total. The first-order valence-corrected chi connectivity index (χ1v) is 5.30. The minimum atomic E-state index is -1.12. The second kappa shape index (κ2) is 2.81. The van der Waals surface area contributed by atoms with Gasteiger partial charge in [0.05, 0.1) is 5.41 Å². The maximum atomic E-state index is 10.6. The molecule has 0 radical (unpaired) electrons. The van der Waals surface area contributed by atoms with Gasteiger partial charge in [-0.15, -0.1) is 0 Å². The SMILES string of the molecule is O=C(O)c1noc(C23CCCCC2C3)n1. The van der Waals surface area contributed by atoms with Crippen LogP contribution in [-0.2, 0) is 5.41 Å². The zero-order chi connectivity index (χ0) is 10.5. The molecule has 0 saturated heterocycles. The van der Waals surface area contributed by atoms with Gasteiger partial charge < -0.3 is 9.63 Å². The highest BCUT2D eigenvalue weighted by Crippen LogP contribution is 2.61. The Labute approximate surface area is 86.5 Å². The molecule has 1 aromatic heterocycles. The highest BCUT2D eigenvalue weighted by Gasteiger charge is 2.59. The van der Waals surface area contributed by atoms with E-state index >= 15 is 0 Å². The van der Waals surface area contributed by atoms with E-state index in [0.29, 0.717) is 11.8 Å². The van der Waals surface area contributed by atoms with E-state index in [-0.39, 0.29) is 11.2 Å². The van der Waals surface area contributed by atoms with Crippen LogP contribution >= 0.6 is 0 Å². The van der Waals surface area contributed by atoms with E-state index in [1.54, 1.807) is 0 Å². The zero-order valence-electron chi connectivity index (χ0n) is 8.27. The van der Waals surface area contributed by atoms with Crippen molar-refractivity contribution in [3.63, 3.8) is 0 Å². The Morgan fingerprint density at radius 3 is 3.07 bits per heavy atom. The highest BCUT2D eigenvalue weighted by molar-refractivity contribution is 5.82. The van der Waals surface area contributed by atoms with Gasteiger partial charge in [-0.25, -0.2) is 4.79 Å². The number of carboxylic acids is 1. The van der Waals surface area contributed by atoms with Crippen LogP contribution in [0.25, 0.3) is 0 Å². The maximum absolute atomic E-state index is 10.6. The smallest absolute Gasteiger partial charge is 0.377 e. The molecule has 0 aliphatic heterocycles. The molecule has 0 amide bonds. The highest BCUT2D eigenvalue weighted by atomic mass is 16.5. The number of nitrogens with zero attached hydrogens (tertiary/aromatic N) is 2. The molecule has 0 spiro atoms. The van der Waals surface area contributed by atoms with Crippen LogP contribution < -0.4 is 0 Å². The molecule has 1 N–H and O–H groups in total. The lowest BCUT2D eigenvalue weighted by molar-refractivity contribution is 0.0680. The van der Waals surface area contributed by atoms with Gasteiger partial charge in [0.15, 0.2) is 0 Å². The molecule has 0 bridgehead atoms. The fourth-order valence-electron chi connectivity index (χ4n) is 2.78. The Kier molecular flexibility index (Phi) is 1.66. The normalized spacial score (nSPS) is 33.5. The number of aromatic nitrogens is 2. The third-order valence-electron chi connectivity index (χ3n) is 3.70. The van der Waals surface area contributed by atoms with Crippen LogP contribution in [0.2, 0.25) is 0 Å². The van der Waals surface area contributed by atoms with Crippen LogP contribution in [0.15, 0.2) is 4.52 Å². The van der Waals surface area contributed by atoms with Crippen molar-refractivity contribution in [2.45, 2.75) is 37.5 Å². The number of carbonyl (C=O) groups is 1. The monoisotopic (exact) mass is 208 g/mol. The molecule has 2 fully saturated rings. The Hall–Kier alpha value is -1.39. The largest absolute Gasteiger partial charge is 0.475 e. The van der Waals surface area contributed by atoms with Crippen molar-refractivity contribution in [3.8, 4) is 0 Å². The minimum Gasteiger partial charge on any atom is -0.475 e. The summed E-state index contributed by atoms with van der Waals surface area (Å²) in [6, 6.07) is 0. The van der Waals surface area contributed by atoms with Crippen LogP contribution in [-0.4, -0.2) is 21.2 Å². The van der Waals surface area contributed by atoms with Crippen molar-refractivity contribution in [1.82, 2.24) is 10.1 Å². The molecular weight excluding hydrogens is 196 g/mol. The first-order valence-electron chi connectivity index (χ1n) is 5.30. The van der Waals surface area contributed by atoms with Crippen molar-refractivity contribution in [3.05, 3.63) is 11.7 Å². The lowest BCUT2D eigenvalue weighted by Crippen LogP contribution is -2.15. The average Bonchev–Trinajstić information content (AvgIpc) is 2.75. The van der Waals surface area contributed by atoms with Crippen molar-refractivity contribution in [2.75, 3.05) is 0 Å². The summed E-state index contributed by atoms with van der Waals surface area (Å²) in [5.74, 6) is -0.136. The molecule has 2 atom stereocenters. The first-order chi connectivity index (χ1) is 7.22. The Bertz CT molecular complexity index is 415. The maximum Gasteiger partial charge on any atom is 0.377 e. The van der Waals surface area contributed by atoms with Crippen molar-refractivity contribution < 1.29 is 14.4 Å². The lowest BCUT2D eigenvalue weighted by atomic mass is 9.88. The van der Waals surface area contributed by atoms with Gasteiger partial charge in [-0.3, -0.25) is 0 Å². The van der Waals surface area contributed by atoms with E-state index in [1.165, 1.54) is 19.3 Å². The van der Waals surface area contributed by atoms with Crippen LogP contribution in [0.1, 0.15) is 48.6 Å². The molecule has 3 rings (SSSR count). The molecule has 2 aliphatic carbocycles. The number of hydrogen-bond donors (Lipinski definition) is 1. The number of carboxylic acid groups (broad SMARTS) is 1. The second-order valence-electron chi connectivity index (χ2n) is 4.53. The van der Waals surface area contributed by atoms with Gasteiger partial charge in [0.2, 0.25) is 5.89 Å². The molecule has 2 aliphatic rings. The third-order valence-corrected chi connectivity index (χ3v) is 3.70. The topological polar surface area (TPSA) is 76.2 Å². The fourth-order valence-corrected chi connectivity index (χ4v) is 2.78. The fraction of sp³-hybridized carbons (Fsp3) is 0.700. The van der Waals surface area contributed by atoms with Crippen LogP contribution in [0.4, 0.5) is 0 Å². The summed E-state index contributed by atoms with van der Waals surface area (Å²) >= 11 is 0. The van der Waals surface area contributed by atoms with Gasteiger partial charge in [0.1, 0.15) is 0 Å². The number of hydrogen-bond acceptors (Lipinski definition) is 4. The van der Waals surface area contributed by atoms with E-state index in [4.69, 9.17) is 9.63 Å². The molecule has 0 aromatic carbocycles. The first kappa shape index (κ1) is 8.88. The van der Waals surface area contributed by atoms with Crippen LogP contribution in [0.5, 0.6) is 0 Å². The third kappa shape index (κ3) is 1.19. The molecule has 80 valence electrons. The summed E-state index contributed by atoms with van der Waals surface area (Å²) in [6.07, 6.45) is 5.82. The molecule has 2 unspecified atom stereocenters. The Morgan fingerprint density at radius 2 is 2.40 bits per heavy atom. The molecular formula is C10H12N2O3. The summed E-state index contributed by atoms with van der Waals surface area (Å²) in [4.78, 5) is 14.6. The average molecular weight is 208 g/mol. The van der Waals surface area contributed by atoms with Crippen LogP contribution in [0.3, 0.4) is 0 Å². The van der Waals surface area contributed by atoms with Gasteiger partial charge in [0.25, 0.3) is 5.82 Å². The van der Waals surface area contributed by atoms with E-state index in [1.807, 2.05) is 0 Å². The van der Waals surface area contributed by atoms with E-state index in [0.717, 1.165) is 12.8 Å². The van der Waals surface area contributed by atoms with Gasteiger partial charge >= 0.3 is 5.97 Å².